The van der Waals surface area contributed by atoms with Crippen LogP contribution in [0.5, 0.6) is 0 Å². The minimum absolute atomic E-state index is 0.243. The maximum Gasteiger partial charge on any atom is 0.225 e. The quantitative estimate of drug-likeness (QED) is 0.716. The maximum atomic E-state index is 9.04. The topological polar surface area (TPSA) is 75.3 Å². The van der Waals surface area contributed by atoms with Gasteiger partial charge >= 0.3 is 0 Å². The smallest absolute Gasteiger partial charge is 0.225 e. The third kappa shape index (κ3) is 2.24. The molecule has 15 heavy (non-hydrogen) atoms. The summed E-state index contributed by atoms with van der Waals surface area (Å²) >= 11 is 0. The summed E-state index contributed by atoms with van der Waals surface area (Å²) in [6, 6.07) is 1.82. The van der Waals surface area contributed by atoms with Crippen LogP contribution in [0, 0.1) is 5.92 Å². The van der Waals surface area contributed by atoms with Gasteiger partial charge in [0.25, 0.3) is 0 Å². The van der Waals surface area contributed by atoms with Crippen molar-refractivity contribution >= 4 is 5.95 Å². The molecule has 1 fully saturated rings. The molecule has 1 atom stereocenters. The highest BCUT2D eigenvalue weighted by molar-refractivity contribution is 5.31. The van der Waals surface area contributed by atoms with Gasteiger partial charge in [0.15, 0.2) is 0 Å². The molecule has 2 rings (SSSR count). The molecule has 2 heterocycles. The van der Waals surface area contributed by atoms with Gasteiger partial charge in [0.1, 0.15) is 0 Å². The molecule has 0 spiro atoms. The number of rotatable bonds is 3. The Labute approximate surface area is 88.9 Å². The number of aromatic nitrogens is 2. The molecule has 1 unspecified atom stereocenters. The first-order valence-electron chi connectivity index (χ1n) is 5.21. The van der Waals surface area contributed by atoms with E-state index in [-0.39, 0.29) is 6.61 Å². The van der Waals surface area contributed by atoms with E-state index in [2.05, 4.69) is 14.9 Å². The molecule has 0 amide bonds. The van der Waals surface area contributed by atoms with Crippen LogP contribution in [-0.2, 0) is 6.54 Å². The third-order valence-electron chi connectivity index (χ3n) is 2.74. The number of aliphatic hydroxyl groups is 1. The average Bonchev–Trinajstić information content (AvgIpc) is 2.78. The lowest BCUT2D eigenvalue weighted by Crippen LogP contribution is -2.23. The Morgan fingerprint density at radius 3 is 3.13 bits per heavy atom. The summed E-state index contributed by atoms with van der Waals surface area (Å²) in [7, 11) is 0. The molecule has 0 saturated carbocycles. The molecule has 1 aliphatic heterocycles. The Balaban J connectivity index is 2.09. The van der Waals surface area contributed by atoms with Crippen LogP contribution in [0.3, 0.4) is 0 Å². The van der Waals surface area contributed by atoms with Gasteiger partial charge in [-0.25, -0.2) is 9.97 Å². The normalized spacial score (nSPS) is 20.9. The summed E-state index contributed by atoms with van der Waals surface area (Å²) in [6.07, 6.45) is 2.74. The van der Waals surface area contributed by atoms with E-state index < -0.39 is 0 Å². The highest BCUT2D eigenvalue weighted by atomic mass is 16.3. The zero-order valence-electron chi connectivity index (χ0n) is 8.63. The van der Waals surface area contributed by atoms with Crippen molar-refractivity contribution in [3.05, 3.63) is 18.0 Å². The molecule has 82 valence electrons. The average molecular weight is 208 g/mol. The van der Waals surface area contributed by atoms with E-state index in [1.807, 2.05) is 6.07 Å². The molecule has 1 aliphatic rings. The van der Waals surface area contributed by atoms with Gasteiger partial charge in [0.05, 0.1) is 5.69 Å². The van der Waals surface area contributed by atoms with E-state index in [0.29, 0.717) is 12.5 Å². The highest BCUT2D eigenvalue weighted by Gasteiger charge is 2.23. The standard InChI is InChI=1S/C10H16N4O/c11-5-9-1-3-12-10(13-9)14-4-2-8(6-14)7-15/h1,3,8,15H,2,4-7,11H2. The van der Waals surface area contributed by atoms with Crippen molar-refractivity contribution < 1.29 is 5.11 Å². The fourth-order valence-electron chi connectivity index (χ4n) is 1.81. The first-order valence-corrected chi connectivity index (χ1v) is 5.21. The minimum atomic E-state index is 0.243. The van der Waals surface area contributed by atoms with E-state index in [9.17, 15) is 0 Å². The fourth-order valence-corrected chi connectivity index (χ4v) is 1.81. The third-order valence-corrected chi connectivity index (χ3v) is 2.74. The lowest BCUT2D eigenvalue weighted by atomic mass is 10.1. The number of aliphatic hydroxyl groups excluding tert-OH is 1. The molecule has 3 N–H and O–H groups in total. The Morgan fingerprint density at radius 2 is 2.47 bits per heavy atom. The van der Waals surface area contributed by atoms with Crippen molar-refractivity contribution in [1.82, 2.24) is 9.97 Å². The van der Waals surface area contributed by atoms with Gasteiger partial charge in [0, 0.05) is 38.4 Å². The maximum absolute atomic E-state index is 9.04. The Bertz CT molecular complexity index is 331. The molecule has 0 aliphatic carbocycles. The molecular formula is C10H16N4O. The molecule has 0 aromatic carbocycles. The van der Waals surface area contributed by atoms with Crippen molar-refractivity contribution in [3.63, 3.8) is 0 Å². The van der Waals surface area contributed by atoms with Crippen molar-refractivity contribution in [1.29, 1.82) is 0 Å². The van der Waals surface area contributed by atoms with Crippen molar-refractivity contribution in [2.24, 2.45) is 11.7 Å². The zero-order chi connectivity index (χ0) is 10.7. The molecule has 5 heteroatoms. The fraction of sp³-hybridized carbons (Fsp3) is 0.600. The van der Waals surface area contributed by atoms with Crippen LogP contribution >= 0.6 is 0 Å². The Hall–Kier alpha value is -1.20. The van der Waals surface area contributed by atoms with Gasteiger partial charge in [-0.1, -0.05) is 0 Å². The highest BCUT2D eigenvalue weighted by Crippen LogP contribution is 2.19. The van der Waals surface area contributed by atoms with E-state index in [1.54, 1.807) is 6.20 Å². The molecular weight excluding hydrogens is 192 g/mol. The van der Waals surface area contributed by atoms with Gasteiger partial charge < -0.3 is 15.7 Å². The summed E-state index contributed by atoms with van der Waals surface area (Å²) in [5.41, 5.74) is 6.38. The van der Waals surface area contributed by atoms with Gasteiger partial charge in [-0.2, -0.15) is 0 Å². The Morgan fingerprint density at radius 1 is 1.60 bits per heavy atom. The first kappa shape index (κ1) is 10.3. The summed E-state index contributed by atoms with van der Waals surface area (Å²) < 4.78 is 0. The number of anilines is 1. The summed E-state index contributed by atoms with van der Waals surface area (Å²) in [5.74, 6) is 1.09. The van der Waals surface area contributed by atoms with Crippen LogP contribution < -0.4 is 10.6 Å². The second-order valence-corrected chi connectivity index (χ2v) is 3.84. The van der Waals surface area contributed by atoms with Gasteiger partial charge in [0.2, 0.25) is 5.95 Å². The number of hydrogen-bond donors (Lipinski definition) is 2. The van der Waals surface area contributed by atoms with E-state index in [1.165, 1.54) is 0 Å². The summed E-state index contributed by atoms with van der Waals surface area (Å²) in [6.45, 7) is 2.43. The number of nitrogens with two attached hydrogens (primary N) is 1. The predicted molar refractivity (Wildman–Crippen MR) is 57.3 cm³/mol. The molecule has 5 nitrogen and oxygen atoms in total. The first-order chi connectivity index (χ1) is 7.33. The van der Waals surface area contributed by atoms with Crippen LogP contribution in [0.1, 0.15) is 12.1 Å². The van der Waals surface area contributed by atoms with Crippen LogP contribution in [0.4, 0.5) is 5.95 Å². The van der Waals surface area contributed by atoms with Gasteiger partial charge in [-0.05, 0) is 12.5 Å². The predicted octanol–water partition coefficient (Wildman–Crippen LogP) is -0.246. The van der Waals surface area contributed by atoms with Crippen LogP contribution in [0.15, 0.2) is 12.3 Å². The Kier molecular flexibility index (Phi) is 3.13. The lowest BCUT2D eigenvalue weighted by molar-refractivity contribution is 0.238. The summed E-state index contributed by atoms with van der Waals surface area (Å²) in [4.78, 5) is 10.7. The van der Waals surface area contributed by atoms with Crippen molar-refractivity contribution in [2.45, 2.75) is 13.0 Å². The molecule has 1 aromatic rings. The van der Waals surface area contributed by atoms with E-state index in [4.69, 9.17) is 10.8 Å². The second-order valence-electron chi connectivity index (χ2n) is 3.84. The minimum Gasteiger partial charge on any atom is -0.396 e. The second kappa shape index (κ2) is 4.55. The molecule has 1 aromatic heterocycles. The van der Waals surface area contributed by atoms with Crippen molar-refractivity contribution in [3.8, 4) is 0 Å². The lowest BCUT2D eigenvalue weighted by Gasteiger charge is -2.15. The van der Waals surface area contributed by atoms with Gasteiger partial charge in [-0.3, -0.25) is 0 Å². The summed E-state index contributed by atoms with van der Waals surface area (Å²) in [5, 5.41) is 9.04. The van der Waals surface area contributed by atoms with Crippen LogP contribution in [0.2, 0.25) is 0 Å². The number of nitrogens with zero attached hydrogens (tertiary/aromatic N) is 3. The van der Waals surface area contributed by atoms with Gasteiger partial charge in [-0.15, -0.1) is 0 Å². The largest absolute Gasteiger partial charge is 0.396 e. The molecule has 1 saturated heterocycles. The molecule has 0 bridgehead atoms. The van der Waals surface area contributed by atoms with E-state index >= 15 is 0 Å². The monoisotopic (exact) mass is 208 g/mol. The van der Waals surface area contributed by atoms with Crippen LogP contribution in [-0.4, -0.2) is 34.8 Å². The SMILES string of the molecule is NCc1ccnc(N2CCC(CO)C2)n1. The number of hydrogen-bond acceptors (Lipinski definition) is 5. The van der Waals surface area contributed by atoms with Crippen molar-refractivity contribution in [2.75, 3.05) is 24.6 Å². The zero-order valence-corrected chi connectivity index (χ0v) is 8.63. The van der Waals surface area contributed by atoms with E-state index in [0.717, 1.165) is 31.2 Å². The van der Waals surface area contributed by atoms with Crippen LogP contribution in [0.25, 0.3) is 0 Å². The molecule has 0 radical (unpaired) electrons.